The molecule has 3 aliphatic heterocycles. The summed E-state index contributed by atoms with van der Waals surface area (Å²) in [5.41, 5.74) is 1.09. The number of carbonyl (C=O) groups is 2. The lowest BCUT2D eigenvalue weighted by Crippen LogP contribution is -2.44. The van der Waals surface area contributed by atoms with E-state index in [4.69, 9.17) is 0 Å². The van der Waals surface area contributed by atoms with Gasteiger partial charge < -0.3 is 10.2 Å². The monoisotopic (exact) mass is 335 g/mol. The van der Waals surface area contributed by atoms with Crippen LogP contribution in [-0.4, -0.2) is 60.9 Å². The molecule has 4 rings (SSSR count). The molecule has 3 heterocycles. The van der Waals surface area contributed by atoms with E-state index in [1.807, 2.05) is 12.1 Å². The van der Waals surface area contributed by atoms with Gasteiger partial charge in [-0.3, -0.25) is 14.5 Å². The maximum atomic E-state index is 12.3. The lowest BCUT2D eigenvalue weighted by Gasteiger charge is -2.35. The van der Waals surface area contributed by atoms with Crippen LogP contribution in [0.15, 0.2) is 24.3 Å². The number of likely N-dealkylation sites (tertiary alicyclic amines) is 1. The average Bonchev–Trinajstić information content (AvgIpc) is 3.10. The third-order valence-corrected chi connectivity index (χ3v) is 5.31. The minimum Gasteiger partial charge on any atom is -0.316 e. The molecule has 1 N–H and O–H groups in total. The fourth-order valence-corrected chi connectivity index (χ4v) is 4.00. The number of benzene rings is 1. The van der Waals surface area contributed by atoms with Gasteiger partial charge in [0.05, 0.1) is 11.1 Å². The molecule has 124 valence electrons. The predicted molar refractivity (Wildman–Crippen MR) is 90.0 cm³/mol. The third-order valence-electron chi connectivity index (χ3n) is 5.31. The number of amides is 2. The van der Waals surface area contributed by atoms with Gasteiger partial charge in [-0.1, -0.05) is 12.1 Å². The zero-order chi connectivity index (χ0) is 15.1. The fourth-order valence-electron chi connectivity index (χ4n) is 4.00. The van der Waals surface area contributed by atoms with Gasteiger partial charge in [0.25, 0.3) is 11.8 Å². The fraction of sp³-hybridized carbons (Fsp3) is 0.529. The summed E-state index contributed by atoms with van der Waals surface area (Å²) in [6.07, 6.45) is 1.22. The zero-order valence-electron chi connectivity index (χ0n) is 13.0. The first-order valence-corrected chi connectivity index (χ1v) is 8.12. The van der Waals surface area contributed by atoms with Crippen LogP contribution in [0.5, 0.6) is 0 Å². The van der Waals surface area contributed by atoms with Crippen molar-refractivity contribution in [3.8, 4) is 0 Å². The van der Waals surface area contributed by atoms with Gasteiger partial charge >= 0.3 is 0 Å². The Morgan fingerprint density at radius 1 is 1.00 bits per heavy atom. The van der Waals surface area contributed by atoms with Crippen LogP contribution in [0, 0.1) is 11.8 Å². The minimum absolute atomic E-state index is 0. The Morgan fingerprint density at radius 2 is 1.65 bits per heavy atom. The molecule has 2 unspecified atom stereocenters. The van der Waals surface area contributed by atoms with Crippen molar-refractivity contribution in [2.24, 2.45) is 11.8 Å². The zero-order valence-corrected chi connectivity index (χ0v) is 13.8. The van der Waals surface area contributed by atoms with E-state index < -0.39 is 0 Å². The van der Waals surface area contributed by atoms with Gasteiger partial charge in [-0.05, 0) is 50.0 Å². The summed E-state index contributed by atoms with van der Waals surface area (Å²) in [5.74, 6) is 1.27. The molecule has 2 fully saturated rings. The second-order valence-electron chi connectivity index (χ2n) is 6.58. The summed E-state index contributed by atoms with van der Waals surface area (Å²) in [5, 5.41) is 3.46. The van der Waals surface area contributed by atoms with Crippen LogP contribution < -0.4 is 5.32 Å². The van der Waals surface area contributed by atoms with Crippen molar-refractivity contribution in [1.29, 1.82) is 0 Å². The summed E-state index contributed by atoms with van der Waals surface area (Å²) in [7, 11) is 0. The number of hydrogen-bond donors (Lipinski definition) is 1. The van der Waals surface area contributed by atoms with Gasteiger partial charge in [0.2, 0.25) is 0 Å². The van der Waals surface area contributed by atoms with Crippen LogP contribution in [0.4, 0.5) is 0 Å². The molecular formula is C17H22ClN3O2. The van der Waals surface area contributed by atoms with Crippen LogP contribution in [0.25, 0.3) is 0 Å². The number of imide groups is 1. The Hall–Kier alpha value is -1.43. The van der Waals surface area contributed by atoms with E-state index in [1.165, 1.54) is 11.3 Å². The van der Waals surface area contributed by atoms with Gasteiger partial charge in [0, 0.05) is 19.6 Å². The van der Waals surface area contributed by atoms with E-state index in [0.717, 1.165) is 44.6 Å². The molecule has 0 aromatic heterocycles. The number of rotatable bonds is 3. The molecule has 23 heavy (non-hydrogen) atoms. The van der Waals surface area contributed by atoms with Gasteiger partial charge in [-0.2, -0.15) is 0 Å². The van der Waals surface area contributed by atoms with Crippen LogP contribution in [0.3, 0.4) is 0 Å². The lowest BCUT2D eigenvalue weighted by atomic mass is 9.89. The number of piperidine rings is 1. The Bertz CT molecular complexity index is 587. The summed E-state index contributed by atoms with van der Waals surface area (Å²) < 4.78 is 0. The van der Waals surface area contributed by atoms with Crippen molar-refractivity contribution in [3.05, 3.63) is 35.4 Å². The SMILES string of the molecule is Cl.O=C1c2ccccc2C(=O)N1CCN1CCC2CNCC2C1. The molecule has 0 aliphatic carbocycles. The molecule has 0 bridgehead atoms. The Morgan fingerprint density at radius 3 is 2.35 bits per heavy atom. The van der Waals surface area contributed by atoms with E-state index in [1.54, 1.807) is 12.1 Å². The van der Waals surface area contributed by atoms with Crippen molar-refractivity contribution < 1.29 is 9.59 Å². The molecule has 5 nitrogen and oxygen atoms in total. The Balaban J connectivity index is 0.00000156. The average molecular weight is 336 g/mol. The van der Waals surface area contributed by atoms with E-state index in [0.29, 0.717) is 17.7 Å². The van der Waals surface area contributed by atoms with E-state index in [9.17, 15) is 9.59 Å². The molecule has 0 saturated carbocycles. The van der Waals surface area contributed by atoms with Crippen molar-refractivity contribution in [1.82, 2.24) is 15.1 Å². The van der Waals surface area contributed by atoms with E-state index >= 15 is 0 Å². The normalized spacial score (nSPS) is 26.9. The highest BCUT2D eigenvalue weighted by Gasteiger charge is 2.36. The van der Waals surface area contributed by atoms with Gasteiger partial charge in [0.1, 0.15) is 0 Å². The third kappa shape index (κ3) is 2.89. The van der Waals surface area contributed by atoms with Crippen molar-refractivity contribution >= 4 is 24.2 Å². The number of nitrogens with one attached hydrogen (secondary N) is 1. The quantitative estimate of drug-likeness (QED) is 0.845. The summed E-state index contributed by atoms with van der Waals surface area (Å²) in [6, 6.07) is 7.10. The molecular weight excluding hydrogens is 314 g/mol. The van der Waals surface area contributed by atoms with Crippen LogP contribution >= 0.6 is 12.4 Å². The van der Waals surface area contributed by atoms with Crippen LogP contribution in [0.2, 0.25) is 0 Å². The summed E-state index contributed by atoms with van der Waals surface area (Å²) in [4.78, 5) is 28.5. The molecule has 1 aromatic rings. The van der Waals surface area contributed by atoms with Crippen molar-refractivity contribution in [2.45, 2.75) is 6.42 Å². The van der Waals surface area contributed by atoms with Crippen molar-refractivity contribution in [2.75, 3.05) is 39.3 Å². The highest BCUT2D eigenvalue weighted by molar-refractivity contribution is 6.21. The van der Waals surface area contributed by atoms with Gasteiger partial charge in [-0.25, -0.2) is 0 Å². The Kier molecular flexibility index (Phi) is 4.71. The maximum absolute atomic E-state index is 12.3. The molecule has 1 aromatic carbocycles. The highest BCUT2D eigenvalue weighted by Crippen LogP contribution is 2.27. The first-order chi connectivity index (χ1) is 10.7. The second-order valence-corrected chi connectivity index (χ2v) is 6.58. The first-order valence-electron chi connectivity index (χ1n) is 8.12. The summed E-state index contributed by atoms with van der Waals surface area (Å²) >= 11 is 0. The van der Waals surface area contributed by atoms with E-state index in [-0.39, 0.29) is 24.2 Å². The van der Waals surface area contributed by atoms with Gasteiger partial charge in [-0.15, -0.1) is 12.4 Å². The molecule has 0 radical (unpaired) electrons. The molecule has 2 atom stereocenters. The number of nitrogens with zero attached hydrogens (tertiary/aromatic N) is 2. The highest BCUT2D eigenvalue weighted by atomic mass is 35.5. The topological polar surface area (TPSA) is 52.7 Å². The van der Waals surface area contributed by atoms with E-state index in [2.05, 4.69) is 10.2 Å². The Labute approximate surface area is 142 Å². The lowest BCUT2D eigenvalue weighted by molar-refractivity contribution is 0.0616. The van der Waals surface area contributed by atoms with Crippen LogP contribution in [-0.2, 0) is 0 Å². The van der Waals surface area contributed by atoms with Crippen LogP contribution in [0.1, 0.15) is 27.1 Å². The first kappa shape index (κ1) is 16.4. The standard InChI is InChI=1S/C17H21N3O2.ClH/c21-16-14-3-1-2-4-15(14)17(22)20(16)8-7-19-6-5-12-9-18-10-13(12)11-19;/h1-4,12-13,18H,5-11H2;1H. The number of fused-ring (bicyclic) bond motifs is 2. The molecule has 2 amide bonds. The molecule has 6 heteroatoms. The number of carbonyl (C=O) groups excluding carboxylic acids is 2. The molecule has 3 aliphatic rings. The van der Waals surface area contributed by atoms with Gasteiger partial charge in [0.15, 0.2) is 0 Å². The smallest absolute Gasteiger partial charge is 0.261 e. The van der Waals surface area contributed by atoms with Crippen molar-refractivity contribution in [3.63, 3.8) is 0 Å². The molecule has 0 spiro atoms. The minimum atomic E-state index is -0.141. The summed E-state index contributed by atoms with van der Waals surface area (Å²) in [6.45, 7) is 5.70. The second kappa shape index (κ2) is 6.59. The number of hydrogen-bond acceptors (Lipinski definition) is 4. The molecule has 2 saturated heterocycles. The predicted octanol–water partition coefficient (Wildman–Crippen LogP) is 1.25. The maximum Gasteiger partial charge on any atom is 0.261 e. The number of halogens is 1. The largest absolute Gasteiger partial charge is 0.316 e.